The van der Waals surface area contributed by atoms with Gasteiger partial charge in [0.25, 0.3) is 0 Å². The number of nitriles is 1. The highest BCUT2D eigenvalue weighted by atomic mass is 16.4. The minimum Gasteiger partial charge on any atom is -0.481 e. The Morgan fingerprint density at radius 3 is 2.60 bits per heavy atom. The van der Waals surface area contributed by atoms with Gasteiger partial charge in [0.05, 0.1) is 22.9 Å². The van der Waals surface area contributed by atoms with E-state index < -0.39 is 5.97 Å². The number of aliphatic carboxylic acids is 1. The molecule has 1 saturated carbocycles. The van der Waals surface area contributed by atoms with Crippen LogP contribution >= 0.6 is 0 Å². The third-order valence-electron chi connectivity index (χ3n) is 3.88. The number of nitrogens with zero attached hydrogens (tertiary/aromatic N) is 2. The average Bonchev–Trinajstić information content (AvgIpc) is 2.39. The minimum absolute atomic E-state index is 0.218. The summed E-state index contributed by atoms with van der Waals surface area (Å²) in [5.41, 5.74) is 3.00. The fourth-order valence-electron chi connectivity index (χ4n) is 2.79. The first kappa shape index (κ1) is 14.3. The third kappa shape index (κ3) is 3.08. The molecule has 2 rings (SSSR count). The number of pyridine rings is 1. The maximum Gasteiger partial charge on any atom is 0.306 e. The molecule has 5 heteroatoms. The van der Waals surface area contributed by atoms with E-state index in [4.69, 9.17) is 5.11 Å². The van der Waals surface area contributed by atoms with Crippen molar-refractivity contribution < 1.29 is 9.90 Å². The first-order valence-corrected chi connectivity index (χ1v) is 6.89. The highest BCUT2D eigenvalue weighted by molar-refractivity contribution is 5.70. The molecular formula is C15H19N3O2. The monoisotopic (exact) mass is 273 g/mol. The van der Waals surface area contributed by atoms with Gasteiger partial charge in [0.15, 0.2) is 0 Å². The topological polar surface area (TPSA) is 86.0 Å². The molecule has 1 aromatic rings. The molecule has 0 bridgehead atoms. The van der Waals surface area contributed by atoms with Crippen LogP contribution in [0.4, 0.5) is 5.69 Å². The lowest BCUT2D eigenvalue weighted by atomic mass is 9.86. The molecule has 0 saturated heterocycles. The largest absolute Gasteiger partial charge is 0.481 e. The van der Waals surface area contributed by atoms with E-state index in [0.29, 0.717) is 18.4 Å². The Bertz CT molecular complexity index is 555. The lowest BCUT2D eigenvalue weighted by Crippen LogP contribution is -2.29. The van der Waals surface area contributed by atoms with Crippen LogP contribution in [-0.4, -0.2) is 22.1 Å². The normalized spacial score (nSPS) is 22.1. The van der Waals surface area contributed by atoms with Gasteiger partial charge in [-0.25, -0.2) is 0 Å². The predicted octanol–water partition coefficient (Wildman–Crippen LogP) is 2.63. The molecule has 0 amide bonds. The number of nitrogens with one attached hydrogen (secondary N) is 1. The highest BCUT2D eigenvalue weighted by Crippen LogP contribution is 2.28. The molecule has 0 radical (unpaired) electrons. The molecule has 1 aromatic heterocycles. The number of aromatic nitrogens is 1. The Morgan fingerprint density at radius 1 is 1.40 bits per heavy atom. The Kier molecular flexibility index (Phi) is 4.23. The van der Waals surface area contributed by atoms with E-state index in [1.165, 1.54) is 0 Å². The number of carbonyl (C=O) groups is 1. The van der Waals surface area contributed by atoms with Crippen LogP contribution in [-0.2, 0) is 4.79 Å². The maximum atomic E-state index is 10.9. The Balaban J connectivity index is 2.09. The van der Waals surface area contributed by atoms with Crippen molar-refractivity contribution in [3.63, 3.8) is 0 Å². The molecule has 0 atom stereocenters. The summed E-state index contributed by atoms with van der Waals surface area (Å²) in [5.74, 6) is -0.916. The van der Waals surface area contributed by atoms with Gasteiger partial charge in [-0.1, -0.05) is 0 Å². The van der Waals surface area contributed by atoms with Gasteiger partial charge < -0.3 is 10.4 Å². The smallest absolute Gasteiger partial charge is 0.306 e. The molecule has 1 aliphatic rings. The number of carboxylic acid groups (broad SMARTS) is 1. The van der Waals surface area contributed by atoms with Gasteiger partial charge in [0.1, 0.15) is 6.07 Å². The number of hydrogen-bond donors (Lipinski definition) is 2. The van der Waals surface area contributed by atoms with Gasteiger partial charge in [0.2, 0.25) is 0 Å². The van der Waals surface area contributed by atoms with Gasteiger partial charge in [0, 0.05) is 11.7 Å². The van der Waals surface area contributed by atoms with Crippen molar-refractivity contribution in [1.29, 1.82) is 5.26 Å². The van der Waals surface area contributed by atoms with Gasteiger partial charge in [-0.2, -0.15) is 5.26 Å². The summed E-state index contributed by atoms with van der Waals surface area (Å²) in [6.45, 7) is 3.73. The van der Waals surface area contributed by atoms with Crippen molar-refractivity contribution in [1.82, 2.24) is 4.98 Å². The fourth-order valence-corrected chi connectivity index (χ4v) is 2.79. The lowest BCUT2D eigenvalue weighted by molar-refractivity contribution is -0.142. The molecule has 20 heavy (non-hydrogen) atoms. The summed E-state index contributed by atoms with van der Waals surface area (Å²) < 4.78 is 0. The molecular weight excluding hydrogens is 254 g/mol. The zero-order valence-electron chi connectivity index (χ0n) is 11.8. The van der Waals surface area contributed by atoms with Gasteiger partial charge >= 0.3 is 5.97 Å². The van der Waals surface area contributed by atoms with Gasteiger partial charge in [-0.15, -0.1) is 0 Å². The zero-order valence-corrected chi connectivity index (χ0v) is 11.8. The molecule has 1 heterocycles. The molecule has 0 spiro atoms. The molecule has 0 aliphatic heterocycles. The van der Waals surface area contributed by atoms with Crippen LogP contribution in [0, 0.1) is 31.1 Å². The predicted molar refractivity (Wildman–Crippen MR) is 75.4 cm³/mol. The van der Waals surface area contributed by atoms with Crippen LogP contribution < -0.4 is 5.32 Å². The first-order valence-electron chi connectivity index (χ1n) is 6.89. The van der Waals surface area contributed by atoms with Crippen molar-refractivity contribution in [3.8, 4) is 6.07 Å². The van der Waals surface area contributed by atoms with Crippen LogP contribution in [0.2, 0.25) is 0 Å². The van der Waals surface area contributed by atoms with Crippen molar-refractivity contribution >= 4 is 11.7 Å². The van der Waals surface area contributed by atoms with Crippen molar-refractivity contribution in [2.45, 2.75) is 45.6 Å². The second-order valence-corrected chi connectivity index (χ2v) is 5.41. The van der Waals surface area contributed by atoms with Crippen LogP contribution in [0.25, 0.3) is 0 Å². The molecule has 5 nitrogen and oxygen atoms in total. The van der Waals surface area contributed by atoms with Crippen molar-refractivity contribution in [2.75, 3.05) is 5.32 Å². The number of anilines is 1. The van der Waals surface area contributed by atoms with E-state index in [1.807, 2.05) is 19.9 Å². The van der Waals surface area contributed by atoms with Crippen LogP contribution in [0.1, 0.15) is 42.6 Å². The lowest BCUT2D eigenvalue weighted by Gasteiger charge is -2.28. The van der Waals surface area contributed by atoms with Crippen molar-refractivity contribution in [3.05, 3.63) is 23.0 Å². The molecule has 1 aliphatic carbocycles. The summed E-state index contributed by atoms with van der Waals surface area (Å²) in [4.78, 5) is 15.2. The summed E-state index contributed by atoms with van der Waals surface area (Å²) in [6.07, 6.45) is 3.03. The number of aryl methyl sites for hydroxylation is 2. The summed E-state index contributed by atoms with van der Waals surface area (Å²) >= 11 is 0. The van der Waals surface area contributed by atoms with Crippen molar-refractivity contribution in [2.24, 2.45) is 5.92 Å². The average molecular weight is 273 g/mol. The van der Waals surface area contributed by atoms with Crippen LogP contribution in [0.3, 0.4) is 0 Å². The zero-order chi connectivity index (χ0) is 14.7. The van der Waals surface area contributed by atoms with E-state index >= 15 is 0 Å². The summed E-state index contributed by atoms with van der Waals surface area (Å²) in [5, 5.41) is 21.6. The number of carboxylic acids is 1. The summed E-state index contributed by atoms with van der Waals surface area (Å²) in [7, 11) is 0. The molecule has 2 N–H and O–H groups in total. The van der Waals surface area contributed by atoms with E-state index in [0.717, 1.165) is 29.9 Å². The van der Waals surface area contributed by atoms with E-state index in [9.17, 15) is 10.1 Å². The summed E-state index contributed by atoms with van der Waals surface area (Å²) in [6, 6.07) is 4.31. The van der Waals surface area contributed by atoms with Gasteiger partial charge in [-0.05, 0) is 45.6 Å². The standard InChI is InChI=1S/C15H19N3O2/c1-9-7-14(13(8-16)10(2)17-9)18-12-5-3-11(4-6-12)15(19)20/h7,11-12H,3-6H2,1-2H3,(H,17,18)(H,19,20). The fraction of sp³-hybridized carbons (Fsp3) is 0.533. The Labute approximate surface area is 118 Å². The first-order chi connectivity index (χ1) is 9.51. The number of rotatable bonds is 3. The highest BCUT2D eigenvalue weighted by Gasteiger charge is 2.26. The van der Waals surface area contributed by atoms with Crippen LogP contribution in [0.5, 0.6) is 0 Å². The van der Waals surface area contributed by atoms with E-state index in [-0.39, 0.29) is 12.0 Å². The SMILES string of the molecule is Cc1cc(NC2CCC(C(=O)O)CC2)c(C#N)c(C)n1. The van der Waals surface area contributed by atoms with Crippen LogP contribution in [0.15, 0.2) is 6.07 Å². The molecule has 106 valence electrons. The third-order valence-corrected chi connectivity index (χ3v) is 3.88. The Morgan fingerprint density at radius 2 is 2.05 bits per heavy atom. The van der Waals surface area contributed by atoms with E-state index in [2.05, 4.69) is 16.4 Å². The molecule has 0 aromatic carbocycles. The second-order valence-electron chi connectivity index (χ2n) is 5.41. The maximum absolute atomic E-state index is 10.9. The quantitative estimate of drug-likeness (QED) is 0.884. The second kappa shape index (κ2) is 5.91. The number of hydrogen-bond acceptors (Lipinski definition) is 4. The van der Waals surface area contributed by atoms with E-state index in [1.54, 1.807) is 0 Å². The Hall–Kier alpha value is -2.09. The van der Waals surface area contributed by atoms with Gasteiger partial charge in [-0.3, -0.25) is 9.78 Å². The minimum atomic E-state index is -0.697. The molecule has 0 unspecified atom stereocenters. The molecule has 1 fully saturated rings.